The number of carbonyl (C=O) groups excluding carboxylic acids is 1. The molecule has 0 aromatic heterocycles. The van der Waals surface area contributed by atoms with Crippen LogP contribution >= 0.6 is 11.8 Å². The molecule has 2 atom stereocenters. The third kappa shape index (κ3) is 2.42. The van der Waals surface area contributed by atoms with Crippen LogP contribution in [0.25, 0.3) is 0 Å². The summed E-state index contributed by atoms with van der Waals surface area (Å²) in [4.78, 5) is 20.5. The van der Waals surface area contributed by atoms with Gasteiger partial charge in [0.25, 0.3) is 0 Å². The van der Waals surface area contributed by atoms with Crippen LogP contribution in [-0.2, 0) is 0 Å². The second-order valence-electron chi connectivity index (χ2n) is 4.42. The highest BCUT2D eigenvalue weighted by molar-refractivity contribution is 6.22. The number of fused-ring (bicyclic) bond motifs is 1. The van der Waals surface area contributed by atoms with Gasteiger partial charge in [-0.1, -0.05) is 30.4 Å². The molecule has 20 heavy (non-hydrogen) atoms. The van der Waals surface area contributed by atoms with Crippen LogP contribution in [0.15, 0.2) is 47.5 Å². The number of nitrogens with one attached hydrogen (secondary N) is 2. The number of ether oxygens (including phenoxy) is 1. The van der Waals surface area contributed by atoms with Crippen LogP contribution in [0.3, 0.4) is 0 Å². The minimum atomic E-state index is -0.433. The fraction of sp³-hybridized carbons (Fsp3) is 0.231. The van der Waals surface area contributed by atoms with E-state index < -0.39 is 6.09 Å². The van der Waals surface area contributed by atoms with Crippen LogP contribution in [0.5, 0.6) is 5.75 Å². The second-order valence-corrected chi connectivity index (χ2v) is 4.61. The number of benzene rings is 1. The largest absolute Gasteiger partial charge is 0.417 e. The van der Waals surface area contributed by atoms with E-state index >= 15 is 0 Å². The Kier molecular flexibility index (Phi) is 3.47. The number of guanidine groups is 1. The van der Waals surface area contributed by atoms with E-state index in [-0.39, 0.29) is 12.2 Å². The fourth-order valence-corrected chi connectivity index (χ4v) is 2.31. The van der Waals surface area contributed by atoms with E-state index in [1.54, 1.807) is 17.0 Å². The van der Waals surface area contributed by atoms with E-state index in [4.69, 9.17) is 16.5 Å². The standard InChI is InChI=1S/C13H13ClN4O2/c14-17-12-15-10-7-4-8-18(11(10)16-12)13(19)20-9-5-2-1-3-6-9/h1-7,10-11H,8H2,(H2,15,16,17)/t10-,11+/m1/s1. The number of para-hydroxylation sites is 1. The smallest absolute Gasteiger partial charge is 0.410 e. The van der Waals surface area contributed by atoms with E-state index in [9.17, 15) is 4.79 Å². The van der Waals surface area contributed by atoms with Crippen molar-refractivity contribution in [3.8, 4) is 5.75 Å². The molecule has 2 aliphatic rings. The highest BCUT2D eigenvalue weighted by Gasteiger charge is 2.37. The predicted octanol–water partition coefficient (Wildman–Crippen LogP) is 1.45. The molecule has 0 fully saturated rings. The average Bonchev–Trinajstić information content (AvgIpc) is 2.91. The SMILES string of the molecule is O=C(Oc1ccccc1)N1CC=C[C@H]2NC(NCl)=N[C@H]21. The van der Waals surface area contributed by atoms with Crippen LogP contribution in [0.2, 0.25) is 0 Å². The minimum Gasteiger partial charge on any atom is -0.410 e. The summed E-state index contributed by atoms with van der Waals surface area (Å²) < 4.78 is 5.33. The van der Waals surface area contributed by atoms with Gasteiger partial charge >= 0.3 is 6.09 Å². The number of aliphatic imine (C=N–C) groups is 1. The zero-order valence-corrected chi connectivity index (χ0v) is 11.2. The summed E-state index contributed by atoms with van der Waals surface area (Å²) >= 11 is 5.53. The van der Waals surface area contributed by atoms with Crippen molar-refractivity contribution in [1.82, 2.24) is 15.1 Å². The molecule has 0 saturated carbocycles. The maximum Gasteiger partial charge on any atom is 0.417 e. The number of hydrogen-bond acceptors (Lipinski definition) is 5. The van der Waals surface area contributed by atoms with Gasteiger partial charge in [0.2, 0.25) is 5.96 Å². The van der Waals surface area contributed by atoms with Crippen molar-refractivity contribution in [2.45, 2.75) is 12.2 Å². The second kappa shape index (κ2) is 5.42. The number of amides is 1. The zero-order chi connectivity index (χ0) is 13.9. The van der Waals surface area contributed by atoms with Gasteiger partial charge in [-0.3, -0.25) is 9.74 Å². The molecule has 1 amide bonds. The molecule has 1 aromatic carbocycles. The van der Waals surface area contributed by atoms with Crippen molar-refractivity contribution in [1.29, 1.82) is 0 Å². The van der Waals surface area contributed by atoms with Crippen molar-refractivity contribution in [2.24, 2.45) is 4.99 Å². The molecule has 6 nitrogen and oxygen atoms in total. The molecule has 2 heterocycles. The van der Waals surface area contributed by atoms with Crippen molar-refractivity contribution in [3.63, 3.8) is 0 Å². The van der Waals surface area contributed by atoms with Crippen molar-refractivity contribution in [2.75, 3.05) is 6.54 Å². The van der Waals surface area contributed by atoms with Gasteiger partial charge in [0, 0.05) is 18.3 Å². The Morgan fingerprint density at radius 3 is 3.00 bits per heavy atom. The summed E-state index contributed by atoms with van der Waals surface area (Å²) in [6.07, 6.45) is 3.07. The molecule has 2 N–H and O–H groups in total. The van der Waals surface area contributed by atoms with E-state index in [1.165, 1.54) is 0 Å². The third-order valence-corrected chi connectivity index (χ3v) is 3.30. The van der Waals surface area contributed by atoms with Crippen molar-refractivity contribution in [3.05, 3.63) is 42.5 Å². The lowest BCUT2D eigenvalue weighted by Gasteiger charge is -2.30. The summed E-state index contributed by atoms with van der Waals surface area (Å²) in [5, 5.41) is 3.06. The third-order valence-electron chi connectivity index (χ3n) is 3.12. The fourth-order valence-electron chi connectivity index (χ4n) is 2.20. The topological polar surface area (TPSA) is 66.0 Å². The molecule has 0 aliphatic carbocycles. The van der Waals surface area contributed by atoms with Gasteiger partial charge in [-0.05, 0) is 12.1 Å². The normalized spacial score (nSPS) is 23.6. The zero-order valence-electron chi connectivity index (χ0n) is 10.5. The Morgan fingerprint density at radius 1 is 1.45 bits per heavy atom. The van der Waals surface area contributed by atoms with E-state index in [1.807, 2.05) is 30.4 Å². The first kappa shape index (κ1) is 12.8. The van der Waals surface area contributed by atoms with Crippen LogP contribution in [0, 0.1) is 0 Å². The minimum absolute atomic E-state index is 0.0895. The lowest BCUT2D eigenvalue weighted by Crippen LogP contribution is -2.50. The maximum absolute atomic E-state index is 12.2. The molecule has 0 unspecified atom stereocenters. The summed E-state index contributed by atoms with van der Waals surface area (Å²) in [7, 11) is 0. The molecular weight excluding hydrogens is 280 g/mol. The van der Waals surface area contributed by atoms with Crippen molar-refractivity contribution < 1.29 is 9.53 Å². The Morgan fingerprint density at radius 2 is 2.25 bits per heavy atom. The molecule has 1 aromatic rings. The van der Waals surface area contributed by atoms with Crippen LogP contribution in [-0.4, -0.2) is 35.7 Å². The number of halogens is 1. The van der Waals surface area contributed by atoms with Crippen LogP contribution in [0.1, 0.15) is 0 Å². The van der Waals surface area contributed by atoms with Gasteiger partial charge in [0.05, 0.1) is 6.04 Å². The van der Waals surface area contributed by atoms with Gasteiger partial charge in [0.15, 0.2) is 6.17 Å². The Balaban J connectivity index is 1.74. The van der Waals surface area contributed by atoms with Gasteiger partial charge in [-0.25, -0.2) is 9.79 Å². The number of hydrogen-bond donors (Lipinski definition) is 2. The first-order valence-corrected chi connectivity index (χ1v) is 6.57. The summed E-state index contributed by atoms with van der Waals surface area (Å²) in [6.45, 7) is 0.452. The van der Waals surface area contributed by atoms with Gasteiger partial charge in [0.1, 0.15) is 5.75 Å². The highest BCUT2D eigenvalue weighted by atomic mass is 35.5. The quantitative estimate of drug-likeness (QED) is 0.607. The van der Waals surface area contributed by atoms with E-state index in [0.29, 0.717) is 18.3 Å². The molecule has 0 saturated heterocycles. The highest BCUT2D eigenvalue weighted by Crippen LogP contribution is 2.20. The lowest BCUT2D eigenvalue weighted by atomic mass is 10.1. The average molecular weight is 293 g/mol. The Labute approximate surface area is 121 Å². The molecule has 0 radical (unpaired) electrons. The molecule has 7 heteroatoms. The molecule has 0 bridgehead atoms. The van der Waals surface area contributed by atoms with Gasteiger partial charge in [-0.15, -0.1) is 0 Å². The first-order chi connectivity index (χ1) is 9.78. The van der Waals surface area contributed by atoms with Gasteiger partial charge in [-0.2, -0.15) is 0 Å². The summed E-state index contributed by atoms with van der Waals surface area (Å²) in [6, 6.07) is 8.86. The first-order valence-electron chi connectivity index (χ1n) is 6.19. The van der Waals surface area contributed by atoms with E-state index in [2.05, 4.69) is 15.1 Å². The summed E-state index contributed by atoms with van der Waals surface area (Å²) in [5.74, 6) is 0.958. The molecule has 2 aliphatic heterocycles. The lowest BCUT2D eigenvalue weighted by molar-refractivity contribution is 0.133. The summed E-state index contributed by atoms with van der Waals surface area (Å²) in [5.41, 5.74) is 0. The molecule has 3 rings (SSSR count). The maximum atomic E-state index is 12.2. The number of nitrogens with zero attached hydrogens (tertiary/aromatic N) is 2. The predicted molar refractivity (Wildman–Crippen MR) is 75.4 cm³/mol. The molecular formula is C13H13ClN4O2. The Hall–Kier alpha value is -2.21. The Bertz CT molecular complexity index is 561. The van der Waals surface area contributed by atoms with Crippen LogP contribution < -0.4 is 14.9 Å². The molecule has 0 spiro atoms. The monoisotopic (exact) mass is 292 g/mol. The van der Waals surface area contributed by atoms with Crippen LogP contribution in [0.4, 0.5) is 4.79 Å². The van der Waals surface area contributed by atoms with Crippen molar-refractivity contribution >= 4 is 23.8 Å². The molecule has 104 valence electrons. The van der Waals surface area contributed by atoms with E-state index in [0.717, 1.165) is 0 Å². The number of carbonyl (C=O) groups is 1. The number of rotatable bonds is 1. The van der Waals surface area contributed by atoms with Gasteiger partial charge < -0.3 is 10.1 Å².